The van der Waals surface area contributed by atoms with Crippen LogP contribution in [0.1, 0.15) is 4.79 Å². The van der Waals surface area contributed by atoms with Crippen LogP contribution < -0.4 is 0 Å². The monoisotopic (exact) mass is 320 g/mol. The molecule has 0 amide bonds. The van der Waals surface area contributed by atoms with Gasteiger partial charge in [-0.1, -0.05) is 11.8 Å². The summed E-state index contributed by atoms with van der Waals surface area (Å²) < 4.78 is 3.07. The van der Waals surface area contributed by atoms with E-state index in [1.54, 1.807) is 36.7 Å². The molecule has 0 bridgehead atoms. The molecule has 0 saturated carbocycles. The number of carbonyl (C=O) groups is 1. The second-order valence-corrected chi connectivity index (χ2v) is 6.43. The van der Waals surface area contributed by atoms with Gasteiger partial charge >= 0.3 is 5.69 Å². The molecule has 0 fully saturated rings. The number of hydrogen-bond donors (Lipinski definition) is 1. The van der Waals surface area contributed by atoms with Crippen molar-refractivity contribution in [3.63, 3.8) is 0 Å². The van der Waals surface area contributed by atoms with Crippen LogP contribution in [0.3, 0.4) is 0 Å². The van der Waals surface area contributed by atoms with Gasteiger partial charge in [0.2, 0.25) is 5.91 Å². The first-order valence-corrected chi connectivity index (χ1v) is 7.79. The van der Waals surface area contributed by atoms with E-state index in [4.69, 9.17) is 5.21 Å². The molecule has 0 unspecified atom stereocenters. The van der Waals surface area contributed by atoms with E-state index in [1.807, 2.05) is 0 Å². The molecule has 2 aromatic heterocycles. The lowest BCUT2D eigenvalue weighted by Gasteiger charge is -1.98. The number of aromatic nitrogens is 2. The minimum atomic E-state index is -0.179. The van der Waals surface area contributed by atoms with Crippen LogP contribution in [0.4, 0.5) is 5.69 Å². The van der Waals surface area contributed by atoms with Gasteiger partial charge in [-0.25, -0.2) is 10.2 Å². The molecule has 1 aromatic carbocycles. The van der Waals surface area contributed by atoms with Crippen molar-refractivity contribution in [3.05, 3.63) is 47.6 Å². The average molecular weight is 320 g/mol. The summed E-state index contributed by atoms with van der Waals surface area (Å²) >= 11 is 2.73. The maximum Gasteiger partial charge on any atom is 0.318 e. The van der Waals surface area contributed by atoms with E-state index in [2.05, 4.69) is 4.98 Å². The Morgan fingerprint density at radius 2 is 2.14 bits per heavy atom. The van der Waals surface area contributed by atoms with Gasteiger partial charge in [0.15, 0.2) is 4.34 Å². The molecule has 0 radical (unpaired) electrons. The Bertz CT molecular complexity index is 811. The highest BCUT2D eigenvalue weighted by Gasteiger charge is 2.15. The van der Waals surface area contributed by atoms with Crippen LogP contribution in [0, 0.1) is 4.91 Å². The second-order valence-electron chi connectivity index (χ2n) is 4.18. The van der Waals surface area contributed by atoms with Crippen molar-refractivity contribution in [2.45, 2.75) is 4.34 Å². The van der Waals surface area contributed by atoms with E-state index in [9.17, 15) is 9.70 Å². The van der Waals surface area contributed by atoms with Crippen LogP contribution in [0.5, 0.6) is 0 Å². The number of nitrogens with zero attached hydrogens (tertiary/aromatic N) is 3. The molecule has 3 aromatic rings. The van der Waals surface area contributed by atoms with Crippen molar-refractivity contribution in [1.82, 2.24) is 9.55 Å². The molecule has 106 valence electrons. The van der Waals surface area contributed by atoms with Gasteiger partial charge in [0.25, 0.3) is 4.92 Å². The first-order chi connectivity index (χ1) is 10.1. The van der Waals surface area contributed by atoms with E-state index >= 15 is 0 Å². The van der Waals surface area contributed by atoms with Crippen molar-refractivity contribution >= 4 is 44.9 Å². The molecule has 0 aliphatic heterocycles. The van der Waals surface area contributed by atoms with Crippen molar-refractivity contribution in [3.8, 4) is 0 Å². The van der Waals surface area contributed by atoms with Crippen LogP contribution in [0.15, 0.2) is 47.1 Å². The van der Waals surface area contributed by atoms with Crippen LogP contribution >= 0.6 is 23.1 Å². The van der Waals surface area contributed by atoms with E-state index < -0.39 is 0 Å². The van der Waals surface area contributed by atoms with Crippen molar-refractivity contribution in [2.24, 2.45) is 0 Å². The Morgan fingerprint density at radius 1 is 1.38 bits per heavy atom. The first-order valence-electron chi connectivity index (χ1n) is 5.99. The Labute approximate surface area is 127 Å². The van der Waals surface area contributed by atoms with Crippen LogP contribution in [-0.2, 0) is 0 Å². The summed E-state index contributed by atoms with van der Waals surface area (Å²) in [5.74, 6) is 0.265. The molecule has 1 N–H and O–H groups in total. The zero-order valence-corrected chi connectivity index (χ0v) is 12.3. The summed E-state index contributed by atoms with van der Waals surface area (Å²) in [5, 5.41) is 8.88. The van der Waals surface area contributed by atoms with Gasteiger partial charge < -0.3 is 0 Å². The fourth-order valence-corrected chi connectivity index (χ4v) is 3.74. The number of fused-ring (bicyclic) bond motifs is 1. The number of carbonyl (C=O) groups excluding carboxylic acids is 1. The van der Waals surface area contributed by atoms with Gasteiger partial charge in [-0.15, -0.1) is 11.3 Å². The molecule has 3 rings (SSSR count). The minimum Gasteiger partial charge on any atom is -0.294 e. The summed E-state index contributed by atoms with van der Waals surface area (Å²) in [7, 11) is 0. The maximum absolute atomic E-state index is 11.9. The largest absolute Gasteiger partial charge is 0.318 e. The Kier molecular flexibility index (Phi) is 3.72. The number of benzene rings is 1. The van der Waals surface area contributed by atoms with Gasteiger partial charge in [-0.2, -0.15) is 0 Å². The van der Waals surface area contributed by atoms with Gasteiger partial charge in [0.1, 0.15) is 0 Å². The van der Waals surface area contributed by atoms with Crippen molar-refractivity contribution in [2.75, 3.05) is 5.75 Å². The van der Waals surface area contributed by atoms with Crippen LogP contribution in [0.2, 0.25) is 0 Å². The summed E-state index contributed by atoms with van der Waals surface area (Å²) in [4.78, 5) is 26.9. The quantitative estimate of drug-likeness (QED) is 0.589. The maximum atomic E-state index is 11.9. The zero-order valence-electron chi connectivity index (χ0n) is 10.7. The zero-order chi connectivity index (χ0) is 14.8. The van der Waals surface area contributed by atoms with Crippen molar-refractivity contribution in [1.29, 1.82) is 0 Å². The molecule has 2 heterocycles. The predicted molar refractivity (Wildman–Crippen MR) is 80.5 cm³/mol. The Hall–Kier alpha value is -2.19. The summed E-state index contributed by atoms with van der Waals surface area (Å²) in [5.41, 5.74) is 0.896. The summed E-state index contributed by atoms with van der Waals surface area (Å²) in [6.45, 7) is 0. The molecule has 0 saturated heterocycles. The van der Waals surface area contributed by atoms with E-state index in [-0.39, 0.29) is 22.3 Å². The van der Waals surface area contributed by atoms with Gasteiger partial charge in [-0.3, -0.25) is 9.36 Å². The van der Waals surface area contributed by atoms with Gasteiger partial charge in [0.05, 0.1) is 20.9 Å². The highest BCUT2D eigenvalue weighted by Crippen LogP contribution is 2.31. The van der Waals surface area contributed by atoms with Gasteiger partial charge in [0, 0.05) is 24.5 Å². The van der Waals surface area contributed by atoms with Crippen LogP contribution in [0.25, 0.3) is 10.2 Å². The van der Waals surface area contributed by atoms with Gasteiger partial charge in [-0.05, 0) is 18.2 Å². The molecule has 8 heteroatoms. The fraction of sp³-hybridized carbons (Fsp3) is 0.0769. The molecule has 0 atom stereocenters. The standard InChI is InChI=1S/C13H10N3O3S2/c17-12(15-5-1-2-6-15)8-20-13-14-10-4-3-9(16(18)19)7-11(10)21-13/h1-7H,8H2,(H,18,19)/q+1. The molecular formula is C13H10N3O3S2+. The minimum absolute atomic E-state index is 0.0222. The second kappa shape index (κ2) is 5.66. The third-order valence-corrected chi connectivity index (χ3v) is 4.93. The number of hydrogen-bond acceptors (Lipinski definition) is 5. The molecular weight excluding hydrogens is 310 g/mol. The third kappa shape index (κ3) is 2.96. The average Bonchev–Trinajstić information content (AvgIpc) is 3.12. The highest BCUT2D eigenvalue weighted by molar-refractivity contribution is 8.01. The Balaban J connectivity index is 1.75. The normalized spacial score (nSPS) is 10.9. The predicted octanol–water partition coefficient (Wildman–Crippen LogP) is 3.33. The molecule has 0 aliphatic carbocycles. The molecule has 0 spiro atoms. The lowest BCUT2D eigenvalue weighted by molar-refractivity contribution is -0.729. The highest BCUT2D eigenvalue weighted by atomic mass is 32.2. The van der Waals surface area contributed by atoms with Crippen LogP contribution in [-0.4, -0.2) is 31.3 Å². The van der Waals surface area contributed by atoms with E-state index in [0.29, 0.717) is 0 Å². The Morgan fingerprint density at radius 3 is 2.86 bits per heavy atom. The smallest absolute Gasteiger partial charge is 0.294 e. The SMILES string of the molecule is O=C(CSc1nc2ccc([N+](=O)O)cc2s1)n1cccc1. The number of thiazole rings is 1. The van der Waals surface area contributed by atoms with Crippen molar-refractivity contribution < 1.29 is 14.9 Å². The van der Waals surface area contributed by atoms with E-state index in [0.717, 1.165) is 14.6 Å². The first kappa shape index (κ1) is 13.8. The summed E-state index contributed by atoms with van der Waals surface area (Å²) in [6.07, 6.45) is 3.41. The number of thioether (sulfide) groups is 1. The lowest BCUT2D eigenvalue weighted by Crippen LogP contribution is -2.10. The molecule has 21 heavy (non-hydrogen) atoms. The molecule has 6 nitrogen and oxygen atoms in total. The summed E-state index contributed by atoms with van der Waals surface area (Å²) in [6, 6.07) is 8.32. The topological polar surface area (TPSA) is 75.2 Å². The third-order valence-electron chi connectivity index (χ3n) is 2.78. The lowest BCUT2D eigenvalue weighted by atomic mass is 10.3. The molecule has 0 aliphatic rings. The van der Waals surface area contributed by atoms with E-state index in [1.165, 1.54) is 33.7 Å². The fourth-order valence-electron chi connectivity index (χ4n) is 1.77. The number of rotatable bonds is 4.